The zero-order valence-corrected chi connectivity index (χ0v) is 22.5. The van der Waals surface area contributed by atoms with Gasteiger partial charge in [0.2, 0.25) is 0 Å². The molecule has 0 N–H and O–H groups in total. The van der Waals surface area contributed by atoms with Gasteiger partial charge in [-0.15, -0.1) is 0 Å². The van der Waals surface area contributed by atoms with Crippen LogP contribution >= 0.6 is 0 Å². The van der Waals surface area contributed by atoms with Crippen LogP contribution in [0.1, 0.15) is 82.6 Å². The van der Waals surface area contributed by atoms with E-state index in [1.165, 1.54) is 45.7 Å². The highest BCUT2D eigenvalue weighted by atomic mass is 15.3. The molecule has 0 atom stereocenters. The summed E-state index contributed by atoms with van der Waals surface area (Å²) in [6.45, 7) is 34.9. The van der Waals surface area contributed by atoms with Crippen molar-refractivity contribution in [3.05, 3.63) is 11.3 Å². The molecule has 2 saturated heterocycles. The van der Waals surface area contributed by atoms with Crippen LogP contribution in [-0.2, 0) is 0 Å². The summed E-state index contributed by atoms with van der Waals surface area (Å²) in [6, 6.07) is 0.580. The third kappa shape index (κ3) is 3.79. The van der Waals surface area contributed by atoms with Crippen LogP contribution < -0.4 is 0 Å². The molecule has 4 nitrogen and oxygen atoms in total. The van der Waals surface area contributed by atoms with Crippen LogP contribution in [-0.4, -0.2) is 88.1 Å². The Labute approximate surface area is 193 Å². The first kappa shape index (κ1) is 23.6. The van der Waals surface area contributed by atoms with Crippen molar-refractivity contribution in [3.63, 3.8) is 0 Å². The first-order chi connectivity index (χ1) is 14.0. The topological polar surface area (TPSA) is 13.0 Å². The van der Waals surface area contributed by atoms with E-state index in [-0.39, 0.29) is 16.6 Å². The summed E-state index contributed by atoms with van der Waals surface area (Å²) in [5, 5.41) is 0. The fourth-order valence-corrected chi connectivity index (χ4v) is 6.70. The Kier molecular flexibility index (Phi) is 5.29. The zero-order chi connectivity index (χ0) is 23.2. The van der Waals surface area contributed by atoms with E-state index in [0.717, 1.165) is 6.54 Å². The lowest BCUT2D eigenvalue weighted by Crippen LogP contribution is -2.76. The highest BCUT2D eigenvalue weighted by molar-refractivity contribution is 5.42. The molecule has 0 aromatic heterocycles. The lowest BCUT2D eigenvalue weighted by molar-refractivity contribution is -0.125. The second-order valence-corrected chi connectivity index (χ2v) is 14.5. The Morgan fingerprint density at radius 2 is 1.06 bits per heavy atom. The first-order valence-electron chi connectivity index (χ1n) is 12.7. The molecular weight excluding hydrogens is 380 g/mol. The van der Waals surface area contributed by atoms with Crippen molar-refractivity contribution in [2.24, 2.45) is 10.8 Å². The van der Waals surface area contributed by atoms with Gasteiger partial charge in [0.15, 0.2) is 0 Å². The molecule has 178 valence electrons. The minimum atomic E-state index is 0.206. The molecule has 4 aliphatic rings. The molecule has 0 radical (unpaired) electrons. The third-order valence-electron chi connectivity index (χ3n) is 8.80. The van der Waals surface area contributed by atoms with E-state index in [2.05, 4.69) is 95.8 Å². The fraction of sp³-hybridized carbons (Fsp3) is 0.926. The molecule has 4 heteroatoms. The van der Waals surface area contributed by atoms with Crippen molar-refractivity contribution in [1.82, 2.24) is 19.6 Å². The number of rotatable bonds is 1. The van der Waals surface area contributed by atoms with E-state index in [1.54, 1.807) is 5.70 Å². The van der Waals surface area contributed by atoms with E-state index >= 15 is 0 Å². The maximum absolute atomic E-state index is 2.79. The van der Waals surface area contributed by atoms with Crippen LogP contribution in [0.5, 0.6) is 0 Å². The zero-order valence-electron chi connectivity index (χ0n) is 22.5. The van der Waals surface area contributed by atoms with Gasteiger partial charge in [-0.1, -0.05) is 0 Å². The van der Waals surface area contributed by atoms with Crippen LogP contribution in [0.4, 0.5) is 0 Å². The standard InChI is InChI=1S/C27H50N4/c1-20(2)31-13-12-26(15-29(16-26)24(6,7)8)22-21(31)14-28(23(3,4)5)17-27(22)18-30(19-27)25(9,10)11/h20H,12-19H2,1-11H3. The summed E-state index contributed by atoms with van der Waals surface area (Å²) < 4.78 is 0. The third-order valence-corrected chi connectivity index (χ3v) is 8.80. The summed E-state index contributed by atoms with van der Waals surface area (Å²) in [7, 11) is 0. The Morgan fingerprint density at radius 1 is 0.645 bits per heavy atom. The number of hydrogen-bond donors (Lipinski definition) is 0. The Hall–Kier alpha value is -0.580. The van der Waals surface area contributed by atoms with Gasteiger partial charge < -0.3 is 4.90 Å². The van der Waals surface area contributed by atoms with Gasteiger partial charge in [-0.3, -0.25) is 14.7 Å². The van der Waals surface area contributed by atoms with Gasteiger partial charge in [-0.25, -0.2) is 0 Å². The second kappa shape index (κ2) is 6.96. The lowest BCUT2D eigenvalue weighted by atomic mass is 9.54. The molecule has 2 spiro atoms. The van der Waals surface area contributed by atoms with Crippen LogP contribution in [0.15, 0.2) is 11.3 Å². The SMILES string of the molecule is CC(C)N1CCC2(CN(C(C)(C)C)C2)C2=C1CN(C(C)(C)C)CC21CN(C(C)(C)C)C1. The predicted molar refractivity (Wildman–Crippen MR) is 132 cm³/mol. The van der Waals surface area contributed by atoms with Crippen molar-refractivity contribution in [3.8, 4) is 0 Å². The molecule has 0 saturated carbocycles. The van der Waals surface area contributed by atoms with Crippen molar-refractivity contribution < 1.29 is 0 Å². The van der Waals surface area contributed by atoms with Gasteiger partial charge >= 0.3 is 0 Å². The van der Waals surface area contributed by atoms with E-state index in [0.29, 0.717) is 16.9 Å². The minimum Gasteiger partial charge on any atom is -0.371 e. The van der Waals surface area contributed by atoms with Gasteiger partial charge in [0.1, 0.15) is 0 Å². The van der Waals surface area contributed by atoms with Crippen LogP contribution in [0, 0.1) is 10.8 Å². The van der Waals surface area contributed by atoms with Gasteiger partial charge in [-0.2, -0.15) is 0 Å². The van der Waals surface area contributed by atoms with Crippen LogP contribution in [0.25, 0.3) is 0 Å². The highest BCUT2D eigenvalue weighted by Crippen LogP contribution is 2.60. The van der Waals surface area contributed by atoms with E-state index in [1.807, 2.05) is 5.57 Å². The molecule has 0 unspecified atom stereocenters. The number of hydrogen-bond acceptors (Lipinski definition) is 4. The van der Waals surface area contributed by atoms with Gasteiger partial charge in [-0.05, 0) is 88.2 Å². The molecule has 0 bridgehead atoms. The summed E-state index contributed by atoms with van der Waals surface area (Å²) in [5.41, 5.74) is 5.04. The fourth-order valence-electron chi connectivity index (χ4n) is 6.70. The highest BCUT2D eigenvalue weighted by Gasteiger charge is 2.63. The minimum absolute atomic E-state index is 0.206. The Morgan fingerprint density at radius 3 is 1.48 bits per heavy atom. The molecule has 2 fully saturated rings. The van der Waals surface area contributed by atoms with Crippen molar-refractivity contribution in [1.29, 1.82) is 0 Å². The van der Waals surface area contributed by atoms with Crippen molar-refractivity contribution >= 4 is 0 Å². The molecule has 0 aromatic carbocycles. The van der Waals surface area contributed by atoms with Crippen molar-refractivity contribution in [2.75, 3.05) is 45.8 Å². The molecule has 4 rings (SSSR count). The molecule has 31 heavy (non-hydrogen) atoms. The lowest BCUT2D eigenvalue weighted by Gasteiger charge is -2.70. The first-order valence-corrected chi connectivity index (χ1v) is 12.7. The predicted octanol–water partition coefficient (Wildman–Crippen LogP) is 4.67. The monoisotopic (exact) mass is 430 g/mol. The Bertz CT molecular complexity index is 731. The normalized spacial score (nSPS) is 27.7. The molecule has 4 aliphatic heterocycles. The second-order valence-electron chi connectivity index (χ2n) is 14.5. The Balaban J connectivity index is 1.79. The maximum atomic E-state index is 2.79. The molecule has 0 aliphatic carbocycles. The summed E-state index contributed by atoms with van der Waals surface area (Å²) in [5.74, 6) is 0. The van der Waals surface area contributed by atoms with Crippen LogP contribution in [0.3, 0.4) is 0 Å². The van der Waals surface area contributed by atoms with Crippen LogP contribution in [0.2, 0.25) is 0 Å². The quantitative estimate of drug-likeness (QED) is 0.599. The van der Waals surface area contributed by atoms with E-state index in [9.17, 15) is 0 Å². The van der Waals surface area contributed by atoms with Gasteiger partial charge in [0.05, 0.1) is 0 Å². The summed E-state index contributed by atoms with van der Waals surface area (Å²) >= 11 is 0. The summed E-state index contributed by atoms with van der Waals surface area (Å²) in [4.78, 5) is 11.0. The number of fused-ring (bicyclic) bond motifs is 2. The average molecular weight is 431 g/mol. The maximum Gasteiger partial charge on any atom is 0.0389 e. The number of nitrogens with zero attached hydrogens (tertiary/aromatic N) is 4. The van der Waals surface area contributed by atoms with E-state index < -0.39 is 0 Å². The van der Waals surface area contributed by atoms with Gasteiger partial charge in [0, 0.05) is 85.0 Å². The molecule has 4 heterocycles. The molecular formula is C27H50N4. The average Bonchev–Trinajstić information content (AvgIpc) is 2.52. The largest absolute Gasteiger partial charge is 0.371 e. The van der Waals surface area contributed by atoms with Crippen molar-refractivity contribution in [2.45, 2.75) is 105 Å². The van der Waals surface area contributed by atoms with Gasteiger partial charge in [0.25, 0.3) is 0 Å². The number of likely N-dealkylation sites (tertiary alicyclic amines) is 2. The summed E-state index contributed by atoms with van der Waals surface area (Å²) in [6.07, 6.45) is 1.34. The van der Waals surface area contributed by atoms with E-state index in [4.69, 9.17) is 0 Å². The smallest absolute Gasteiger partial charge is 0.0389 e. The molecule has 0 amide bonds. The molecule has 0 aromatic rings.